The van der Waals surface area contributed by atoms with Crippen LogP contribution in [0.15, 0.2) is 36.4 Å². The van der Waals surface area contributed by atoms with Crippen LogP contribution in [-0.2, 0) is 0 Å². The van der Waals surface area contributed by atoms with E-state index in [1.807, 2.05) is 19.1 Å². The first-order valence-electron chi connectivity index (χ1n) is 5.99. The molecule has 3 nitrogen and oxygen atoms in total. The highest BCUT2D eigenvalue weighted by atomic mass is 19.1. The molecule has 0 bridgehead atoms. The van der Waals surface area contributed by atoms with Crippen molar-refractivity contribution < 1.29 is 13.6 Å². The topological polar surface area (TPSA) is 46.3 Å². The summed E-state index contributed by atoms with van der Waals surface area (Å²) in [6.45, 7) is 1.93. The van der Waals surface area contributed by atoms with E-state index in [0.29, 0.717) is 5.69 Å². The highest BCUT2D eigenvalue weighted by Crippen LogP contribution is 2.21. The van der Waals surface area contributed by atoms with Crippen molar-refractivity contribution in [2.24, 2.45) is 0 Å². The average Bonchev–Trinajstić information content (AvgIpc) is 2.43. The summed E-state index contributed by atoms with van der Waals surface area (Å²) in [6, 6.07) is 9.10. The van der Waals surface area contributed by atoms with E-state index >= 15 is 0 Å². The van der Waals surface area contributed by atoms with E-state index in [4.69, 9.17) is 5.73 Å². The Bertz CT molecular complexity index is 630. The van der Waals surface area contributed by atoms with Gasteiger partial charge in [0.25, 0.3) is 5.91 Å². The van der Waals surface area contributed by atoms with Gasteiger partial charge in [-0.2, -0.15) is 0 Å². The van der Waals surface area contributed by atoms with E-state index in [1.54, 1.807) is 19.2 Å². The maximum atomic E-state index is 13.4. The van der Waals surface area contributed by atoms with Gasteiger partial charge in [0.05, 0.1) is 0 Å². The summed E-state index contributed by atoms with van der Waals surface area (Å²) >= 11 is 0. The van der Waals surface area contributed by atoms with Gasteiger partial charge in [0.1, 0.15) is 17.3 Å². The number of nitrogens with two attached hydrogens (primary N) is 1. The van der Waals surface area contributed by atoms with Crippen LogP contribution in [0.1, 0.15) is 15.9 Å². The zero-order chi connectivity index (χ0) is 14.9. The molecule has 20 heavy (non-hydrogen) atoms. The number of halogens is 2. The molecular weight excluding hydrogens is 262 g/mol. The fourth-order valence-corrected chi connectivity index (χ4v) is 1.79. The van der Waals surface area contributed by atoms with Gasteiger partial charge in [-0.25, -0.2) is 8.78 Å². The van der Waals surface area contributed by atoms with Crippen molar-refractivity contribution in [1.82, 2.24) is 0 Å². The zero-order valence-electron chi connectivity index (χ0n) is 11.2. The number of benzene rings is 2. The number of carbonyl (C=O) groups excluding carboxylic acids is 1. The van der Waals surface area contributed by atoms with E-state index < -0.39 is 23.2 Å². The summed E-state index contributed by atoms with van der Waals surface area (Å²) in [5.41, 5.74) is 6.20. The summed E-state index contributed by atoms with van der Waals surface area (Å²) in [5.74, 6) is -2.39. The van der Waals surface area contributed by atoms with Gasteiger partial charge in [-0.05, 0) is 31.2 Å². The monoisotopic (exact) mass is 276 g/mol. The number of carbonyl (C=O) groups is 1. The maximum absolute atomic E-state index is 13.4. The van der Waals surface area contributed by atoms with Gasteiger partial charge in [0.15, 0.2) is 0 Å². The maximum Gasteiger partial charge on any atom is 0.258 e. The highest BCUT2D eigenvalue weighted by Gasteiger charge is 2.17. The lowest BCUT2D eigenvalue weighted by Gasteiger charge is -2.18. The van der Waals surface area contributed by atoms with Crippen molar-refractivity contribution in [2.75, 3.05) is 17.7 Å². The third-order valence-electron chi connectivity index (χ3n) is 3.05. The molecule has 0 aliphatic carbocycles. The molecule has 0 aliphatic heterocycles. The fraction of sp³-hybridized carbons (Fsp3) is 0.133. The van der Waals surface area contributed by atoms with E-state index in [9.17, 15) is 13.6 Å². The fourth-order valence-electron chi connectivity index (χ4n) is 1.79. The predicted molar refractivity (Wildman–Crippen MR) is 74.7 cm³/mol. The zero-order valence-corrected chi connectivity index (χ0v) is 11.2. The second kappa shape index (κ2) is 5.28. The molecule has 0 atom stereocenters. The molecule has 2 rings (SSSR count). The van der Waals surface area contributed by atoms with Gasteiger partial charge in [-0.3, -0.25) is 4.79 Å². The minimum Gasteiger partial charge on any atom is -0.394 e. The van der Waals surface area contributed by atoms with Crippen molar-refractivity contribution in [3.63, 3.8) is 0 Å². The largest absolute Gasteiger partial charge is 0.394 e. The lowest BCUT2D eigenvalue weighted by molar-refractivity contribution is 0.0992. The Balaban J connectivity index is 2.33. The molecule has 0 aromatic heterocycles. The molecule has 5 heteroatoms. The number of anilines is 2. The third-order valence-corrected chi connectivity index (χ3v) is 3.05. The molecule has 0 saturated carbocycles. The number of nitrogen functional groups attached to an aromatic ring is 1. The molecule has 0 fully saturated rings. The molecule has 0 unspecified atom stereocenters. The Hall–Kier alpha value is -2.43. The Morgan fingerprint density at radius 2 is 1.60 bits per heavy atom. The standard InChI is InChI=1S/C15H14F2N2O/c1-9-3-5-11(6-4-9)19(2)15(20)10-7-12(16)14(18)13(17)8-10/h3-8H,18H2,1-2H3. The van der Waals surface area contributed by atoms with Crippen molar-refractivity contribution in [3.8, 4) is 0 Å². The Kier molecular flexibility index (Phi) is 3.70. The van der Waals surface area contributed by atoms with Crippen LogP contribution in [0, 0.1) is 18.6 Å². The first-order valence-corrected chi connectivity index (χ1v) is 5.99. The molecule has 0 saturated heterocycles. The average molecular weight is 276 g/mol. The van der Waals surface area contributed by atoms with Crippen LogP contribution >= 0.6 is 0 Å². The number of nitrogens with zero attached hydrogens (tertiary/aromatic N) is 1. The van der Waals surface area contributed by atoms with Crippen molar-refractivity contribution in [1.29, 1.82) is 0 Å². The van der Waals surface area contributed by atoms with Gasteiger partial charge in [-0.15, -0.1) is 0 Å². The smallest absolute Gasteiger partial charge is 0.258 e. The van der Waals surface area contributed by atoms with Crippen LogP contribution < -0.4 is 10.6 Å². The highest BCUT2D eigenvalue weighted by molar-refractivity contribution is 6.05. The van der Waals surface area contributed by atoms with Crippen LogP contribution in [0.3, 0.4) is 0 Å². The predicted octanol–water partition coefficient (Wildman–Crippen LogP) is 3.13. The first-order chi connectivity index (χ1) is 9.40. The molecule has 0 spiro atoms. The number of rotatable bonds is 2. The first kappa shape index (κ1) is 14.0. The van der Waals surface area contributed by atoms with Crippen molar-refractivity contribution in [2.45, 2.75) is 6.92 Å². The number of aryl methyl sites for hydroxylation is 1. The second-order valence-electron chi connectivity index (χ2n) is 4.55. The summed E-state index contributed by atoms with van der Waals surface area (Å²) in [4.78, 5) is 13.5. The molecule has 0 radical (unpaired) electrons. The molecule has 2 aromatic rings. The van der Waals surface area contributed by atoms with Crippen molar-refractivity contribution >= 4 is 17.3 Å². The van der Waals surface area contributed by atoms with Crippen LogP contribution in [-0.4, -0.2) is 13.0 Å². The van der Waals surface area contributed by atoms with Crippen LogP contribution in [0.4, 0.5) is 20.2 Å². The van der Waals surface area contributed by atoms with Gasteiger partial charge >= 0.3 is 0 Å². The quantitative estimate of drug-likeness (QED) is 0.856. The minimum absolute atomic E-state index is 0.0859. The lowest BCUT2D eigenvalue weighted by atomic mass is 10.1. The van der Waals surface area contributed by atoms with Gasteiger partial charge < -0.3 is 10.6 Å². The summed E-state index contributed by atoms with van der Waals surface area (Å²) in [7, 11) is 1.54. The normalized spacial score (nSPS) is 10.4. The van der Waals surface area contributed by atoms with Crippen molar-refractivity contribution in [3.05, 3.63) is 59.2 Å². The summed E-state index contributed by atoms with van der Waals surface area (Å²) in [6.07, 6.45) is 0. The Morgan fingerprint density at radius 3 is 2.10 bits per heavy atom. The summed E-state index contributed by atoms with van der Waals surface area (Å²) < 4.78 is 26.8. The number of hydrogen-bond donors (Lipinski definition) is 1. The summed E-state index contributed by atoms with van der Waals surface area (Å²) in [5, 5.41) is 0. The molecule has 1 amide bonds. The van der Waals surface area contributed by atoms with E-state index in [0.717, 1.165) is 17.7 Å². The van der Waals surface area contributed by atoms with E-state index in [-0.39, 0.29) is 5.56 Å². The number of hydrogen-bond acceptors (Lipinski definition) is 2. The van der Waals surface area contributed by atoms with Gasteiger partial charge in [-0.1, -0.05) is 17.7 Å². The number of amides is 1. The van der Waals surface area contributed by atoms with Crippen LogP contribution in [0.2, 0.25) is 0 Å². The molecule has 0 heterocycles. The Morgan fingerprint density at radius 1 is 1.10 bits per heavy atom. The van der Waals surface area contributed by atoms with E-state index in [2.05, 4.69) is 0 Å². The molecule has 0 aliphatic rings. The molecule has 2 aromatic carbocycles. The molecular formula is C15H14F2N2O. The SMILES string of the molecule is Cc1ccc(N(C)C(=O)c2cc(F)c(N)c(F)c2)cc1. The third kappa shape index (κ3) is 2.61. The van der Waals surface area contributed by atoms with Crippen LogP contribution in [0.25, 0.3) is 0 Å². The van der Waals surface area contributed by atoms with E-state index in [1.165, 1.54) is 4.90 Å². The Labute approximate surface area is 115 Å². The van der Waals surface area contributed by atoms with Crippen LogP contribution in [0.5, 0.6) is 0 Å². The molecule has 2 N–H and O–H groups in total. The molecule has 104 valence electrons. The minimum atomic E-state index is -0.939. The van der Waals surface area contributed by atoms with Gasteiger partial charge in [0.2, 0.25) is 0 Å². The lowest BCUT2D eigenvalue weighted by Crippen LogP contribution is -2.26. The second-order valence-corrected chi connectivity index (χ2v) is 4.55. The van der Waals surface area contributed by atoms with Gasteiger partial charge in [0, 0.05) is 18.3 Å².